The number of sulfonamides is 1. The van der Waals surface area contributed by atoms with E-state index in [0.717, 1.165) is 29.8 Å². The molecule has 2 amide bonds. The van der Waals surface area contributed by atoms with Gasteiger partial charge in [-0.05, 0) is 54.3 Å². The SMILES string of the molecule is C[C@H](NS(=O)(=O)c1ccc(F)cc1)C(=O)NNC(=O)c1ccc(C(C)(C)C)cc1. The molecular weight excluding hydrogens is 397 g/mol. The molecule has 1 atom stereocenters. The summed E-state index contributed by atoms with van der Waals surface area (Å²) in [5.74, 6) is -1.87. The first kappa shape index (κ1) is 22.5. The van der Waals surface area contributed by atoms with Gasteiger partial charge >= 0.3 is 0 Å². The van der Waals surface area contributed by atoms with Gasteiger partial charge in [-0.2, -0.15) is 4.72 Å². The summed E-state index contributed by atoms with van der Waals surface area (Å²) in [6.07, 6.45) is 0. The Kier molecular flexibility index (Phi) is 6.76. The van der Waals surface area contributed by atoms with Gasteiger partial charge in [0, 0.05) is 5.56 Å². The van der Waals surface area contributed by atoms with Crippen LogP contribution in [0.2, 0.25) is 0 Å². The maximum atomic E-state index is 12.9. The predicted octanol–water partition coefficient (Wildman–Crippen LogP) is 2.25. The summed E-state index contributed by atoms with van der Waals surface area (Å²) < 4.78 is 39.6. The van der Waals surface area contributed by atoms with Crippen molar-refractivity contribution in [2.75, 3.05) is 0 Å². The van der Waals surface area contributed by atoms with Gasteiger partial charge in [0.05, 0.1) is 10.9 Å². The third kappa shape index (κ3) is 6.10. The number of rotatable bonds is 5. The Bertz CT molecular complexity index is 982. The third-order valence-corrected chi connectivity index (χ3v) is 5.72. The molecule has 7 nitrogen and oxygen atoms in total. The van der Waals surface area contributed by atoms with Crippen LogP contribution in [0.4, 0.5) is 4.39 Å². The molecule has 0 heterocycles. The molecule has 2 rings (SSSR count). The van der Waals surface area contributed by atoms with Crippen LogP contribution in [-0.4, -0.2) is 26.3 Å². The van der Waals surface area contributed by atoms with E-state index in [1.165, 1.54) is 6.92 Å². The second-order valence-electron chi connectivity index (χ2n) is 7.57. The molecule has 2 aromatic rings. The molecular formula is C20H24FN3O4S. The number of nitrogens with one attached hydrogen (secondary N) is 3. The number of carbonyl (C=O) groups is 2. The molecule has 0 radical (unpaired) electrons. The average Bonchev–Trinajstić information content (AvgIpc) is 2.65. The van der Waals surface area contributed by atoms with Crippen molar-refractivity contribution in [1.29, 1.82) is 0 Å². The molecule has 0 aromatic heterocycles. The van der Waals surface area contributed by atoms with E-state index < -0.39 is 33.7 Å². The fraction of sp³-hybridized carbons (Fsp3) is 0.300. The van der Waals surface area contributed by atoms with Crippen molar-refractivity contribution in [3.63, 3.8) is 0 Å². The van der Waals surface area contributed by atoms with Crippen molar-refractivity contribution in [1.82, 2.24) is 15.6 Å². The predicted molar refractivity (Wildman–Crippen MR) is 107 cm³/mol. The number of hydrazine groups is 1. The number of benzene rings is 2. The highest BCUT2D eigenvalue weighted by Crippen LogP contribution is 2.22. The number of amides is 2. The minimum atomic E-state index is -4.02. The minimum Gasteiger partial charge on any atom is -0.271 e. The van der Waals surface area contributed by atoms with Crippen molar-refractivity contribution in [3.05, 3.63) is 65.5 Å². The van der Waals surface area contributed by atoms with Crippen LogP contribution in [0.25, 0.3) is 0 Å². The number of carbonyl (C=O) groups excluding carboxylic acids is 2. The smallest absolute Gasteiger partial charge is 0.269 e. The fourth-order valence-electron chi connectivity index (χ4n) is 2.39. The van der Waals surface area contributed by atoms with Crippen molar-refractivity contribution in [3.8, 4) is 0 Å². The molecule has 29 heavy (non-hydrogen) atoms. The van der Waals surface area contributed by atoms with E-state index in [9.17, 15) is 22.4 Å². The van der Waals surface area contributed by atoms with Gasteiger partial charge in [0.2, 0.25) is 10.0 Å². The van der Waals surface area contributed by atoms with E-state index in [4.69, 9.17) is 0 Å². The lowest BCUT2D eigenvalue weighted by Crippen LogP contribution is -2.51. The maximum absolute atomic E-state index is 12.9. The summed E-state index contributed by atoms with van der Waals surface area (Å²) in [5.41, 5.74) is 5.78. The summed E-state index contributed by atoms with van der Waals surface area (Å²) in [7, 11) is -4.02. The Morgan fingerprint density at radius 2 is 1.48 bits per heavy atom. The lowest BCUT2D eigenvalue weighted by atomic mass is 9.87. The number of hydrogen-bond acceptors (Lipinski definition) is 4. The lowest BCUT2D eigenvalue weighted by molar-refractivity contribution is -0.123. The van der Waals surface area contributed by atoms with Gasteiger partial charge in [-0.15, -0.1) is 0 Å². The Morgan fingerprint density at radius 3 is 2.00 bits per heavy atom. The van der Waals surface area contributed by atoms with E-state index in [0.29, 0.717) is 5.56 Å². The standard InChI is InChI=1S/C20H24FN3O4S/c1-13(24-29(27,28)17-11-9-16(21)10-12-17)18(25)22-23-19(26)14-5-7-15(8-6-14)20(2,3)4/h5-13,24H,1-4H3,(H,22,25)(H,23,26)/t13-/m0/s1. The number of hydrogen-bond donors (Lipinski definition) is 3. The van der Waals surface area contributed by atoms with Crippen LogP contribution in [-0.2, 0) is 20.2 Å². The van der Waals surface area contributed by atoms with Crippen LogP contribution in [0.15, 0.2) is 53.4 Å². The fourth-order valence-corrected chi connectivity index (χ4v) is 3.59. The third-order valence-electron chi connectivity index (χ3n) is 4.16. The van der Waals surface area contributed by atoms with Crippen LogP contribution in [0.5, 0.6) is 0 Å². The molecule has 9 heteroatoms. The van der Waals surface area contributed by atoms with Crippen LogP contribution in [0.3, 0.4) is 0 Å². The second kappa shape index (κ2) is 8.71. The van der Waals surface area contributed by atoms with Crippen molar-refractivity contribution >= 4 is 21.8 Å². The lowest BCUT2D eigenvalue weighted by Gasteiger charge is -2.19. The van der Waals surface area contributed by atoms with E-state index in [2.05, 4.69) is 36.3 Å². The zero-order valence-electron chi connectivity index (χ0n) is 16.6. The molecule has 0 spiro atoms. The van der Waals surface area contributed by atoms with Crippen LogP contribution in [0.1, 0.15) is 43.6 Å². The first-order valence-corrected chi connectivity index (χ1v) is 10.4. The van der Waals surface area contributed by atoms with Gasteiger partial charge in [0.25, 0.3) is 11.8 Å². The highest BCUT2D eigenvalue weighted by atomic mass is 32.2. The highest BCUT2D eigenvalue weighted by molar-refractivity contribution is 7.89. The second-order valence-corrected chi connectivity index (χ2v) is 9.28. The minimum absolute atomic E-state index is 0.0552. The molecule has 2 aromatic carbocycles. The quantitative estimate of drug-likeness (QED) is 0.644. The van der Waals surface area contributed by atoms with Crippen molar-refractivity contribution < 1.29 is 22.4 Å². The molecule has 0 aliphatic rings. The Labute approximate surface area is 169 Å². The summed E-state index contributed by atoms with van der Waals surface area (Å²) in [5, 5.41) is 0. The van der Waals surface area contributed by atoms with E-state index >= 15 is 0 Å². The zero-order valence-corrected chi connectivity index (χ0v) is 17.4. The first-order chi connectivity index (χ1) is 13.4. The summed E-state index contributed by atoms with van der Waals surface area (Å²) in [6, 6.07) is 9.96. The largest absolute Gasteiger partial charge is 0.271 e. The maximum Gasteiger partial charge on any atom is 0.269 e. The normalized spacial score (nSPS) is 12.9. The van der Waals surface area contributed by atoms with E-state index in [1.807, 2.05) is 12.1 Å². The van der Waals surface area contributed by atoms with Gasteiger partial charge in [-0.25, -0.2) is 12.8 Å². The molecule has 0 aliphatic carbocycles. The molecule has 0 saturated carbocycles. The van der Waals surface area contributed by atoms with Crippen LogP contribution in [0, 0.1) is 5.82 Å². The first-order valence-electron chi connectivity index (χ1n) is 8.89. The topological polar surface area (TPSA) is 104 Å². The van der Waals surface area contributed by atoms with Gasteiger partial charge in [0.15, 0.2) is 0 Å². The van der Waals surface area contributed by atoms with Gasteiger partial charge in [-0.3, -0.25) is 20.4 Å². The van der Waals surface area contributed by atoms with Crippen molar-refractivity contribution in [2.24, 2.45) is 0 Å². The monoisotopic (exact) mass is 421 g/mol. The molecule has 0 unspecified atom stereocenters. The molecule has 0 bridgehead atoms. The molecule has 156 valence electrons. The van der Waals surface area contributed by atoms with Gasteiger partial charge < -0.3 is 0 Å². The number of halogens is 1. The van der Waals surface area contributed by atoms with E-state index in [-0.39, 0.29) is 10.3 Å². The molecule has 0 aliphatic heterocycles. The van der Waals surface area contributed by atoms with Gasteiger partial charge in [0.1, 0.15) is 5.82 Å². The summed E-state index contributed by atoms with van der Waals surface area (Å²) in [6.45, 7) is 7.48. The molecule has 0 saturated heterocycles. The molecule has 0 fully saturated rings. The highest BCUT2D eigenvalue weighted by Gasteiger charge is 2.22. The Balaban J connectivity index is 1.94. The Morgan fingerprint density at radius 1 is 0.931 bits per heavy atom. The summed E-state index contributed by atoms with van der Waals surface area (Å²) in [4.78, 5) is 24.1. The van der Waals surface area contributed by atoms with Gasteiger partial charge in [-0.1, -0.05) is 32.9 Å². The van der Waals surface area contributed by atoms with Crippen LogP contribution >= 0.6 is 0 Å². The zero-order chi connectivity index (χ0) is 21.8. The van der Waals surface area contributed by atoms with Crippen LogP contribution < -0.4 is 15.6 Å². The average molecular weight is 421 g/mol. The van der Waals surface area contributed by atoms with Crippen molar-refractivity contribution in [2.45, 2.75) is 44.0 Å². The molecule has 3 N–H and O–H groups in total. The Hall–Kier alpha value is -2.78. The van der Waals surface area contributed by atoms with E-state index in [1.54, 1.807) is 12.1 Å². The summed E-state index contributed by atoms with van der Waals surface area (Å²) >= 11 is 0.